The lowest BCUT2D eigenvalue weighted by Crippen LogP contribution is -2.31. The van der Waals surface area contributed by atoms with Crippen LogP contribution in [0.1, 0.15) is 27.2 Å². The molecule has 0 saturated carbocycles. The Morgan fingerprint density at radius 3 is 2.35 bits per heavy atom. The Balaban J connectivity index is 1.62. The van der Waals surface area contributed by atoms with Crippen molar-refractivity contribution >= 4 is 44.1 Å². The molecule has 0 aliphatic rings. The number of anilines is 1. The molecule has 2 aromatic carbocycles. The number of nitrogens with zero attached hydrogens (tertiary/aromatic N) is 3. The summed E-state index contributed by atoms with van der Waals surface area (Å²) in [4.78, 5) is 43.6. The van der Waals surface area contributed by atoms with Gasteiger partial charge in [-0.3, -0.25) is 9.59 Å². The molecule has 1 aromatic heterocycles. The summed E-state index contributed by atoms with van der Waals surface area (Å²) in [5.74, 6) is -1.22. The van der Waals surface area contributed by atoms with Crippen molar-refractivity contribution in [1.29, 1.82) is 0 Å². The van der Waals surface area contributed by atoms with E-state index in [1.54, 1.807) is 18.2 Å². The van der Waals surface area contributed by atoms with Crippen LogP contribution >= 0.6 is 0 Å². The van der Waals surface area contributed by atoms with Gasteiger partial charge in [-0.05, 0) is 75.4 Å². The fourth-order valence-electron chi connectivity index (χ4n) is 3.59. The lowest BCUT2D eigenvalue weighted by molar-refractivity contribution is -0.126. The third-order valence-corrected chi connectivity index (χ3v) is 7.17. The van der Waals surface area contributed by atoms with Crippen LogP contribution in [0.15, 0.2) is 62.4 Å². The molecule has 1 amide bonds. The average Bonchev–Trinajstić information content (AvgIpc) is 3.23. The maximum atomic E-state index is 12.7. The zero-order valence-electron chi connectivity index (χ0n) is 20.9. The van der Waals surface area contributed by atoms with Crippen LogP contribution in [0.3, 0.4) is 0 Å². The second kappa shape index (κ2) is 12.5. The number of Topliss-reactive ketones (excluding diaryl/α,β-unsaturated/α-hetero) is 1. The summed E-state index contributed by atoms with van der Waals surface area (Å²) in [5.41, 5.74) is 1.35. The highest BCUT2D eigenvalue weighted by Gasteiger charge is 2.23. The first-order chi connectivity index (χ1) is 17.6. The van der Waals surface area contributed by atoms with Gasteiger partial charge < -0.3 is 20.2 Å². The molecule has 0 aliphatic carbocycles. The number of imidazole rings is 1. The number of ketones is 1. The van der Waals surface area contributed by atoms with Crippen molar-refractivity contribution in [2.24, 2.45) is 10.2 Å². The third-order valence-electron chi connectivity index (χ3n) is 5.69. The summed E-state index contributed by atoms with van der Waals surface area (Å²) in [6.45, 7) is 8.30. The molecule has 1 heterocycles. The van der Waals surface area contributed by atoms with Crippen molar-refractivity contribution in [3.63, 3.8) is 0 Å². The lowest BCUT2D eigenvalue weighted by Gasteiger charge is -2.17. The zero-order valence-corrected chi connectivity index (χ0v) is 21.8. The minimum Gasteiger partial charge on any atom is -0.324 e. The molecular weight excluding hydrogens is 498 g/mol. The van der Waals surface area contributed by atoms with Crippen LogP contribution in [0.25, 0.3) is 11.0 Å². The van der Waals surface area contributed by atoms with Gasteiger partial charge in [0.05, 0.1) is 21.6 Å². The van der Waals surface area contributed by atoms with E-state index in [0.717, 1.165) is 19.6 Å². The minimum absolute atomic E-state index is 0.0772. The molecule has 13 heteroatoms. The molecule has 1 unspecified atom stereocenters. The molecule has 198 valence electrons. The normalized spacial score (nSPS) is 12.9. The van der Waals surface area contributed by atoms with E-state index in [0.29, 0.717) is 29.7 Å². The van der Waals surface area contributed by atoms with E-state index in [1.807, 2.05) is 0 Å². The number of rotatable bonds is 13. The molecule has 4 N–H and O–H groups in total. The van der Waals surface area contributed by atoms with Gasteiger partial charge in [0, 0.05) is 12.2 Å². The van der Waals surface area contributed by atoms with Crippen LogP contribution < -0.4 is 15.7 Å². The molecule has 3 aromatic rings. The van der Waals surface area contributed by atoms with Gasteiger partial charge in [-0.2, -0.15) is 10.2 Å². The first-order valence-electron chi connectivity index (χ1n) is 11.9. The molecule has 1 atom stereocenters. The quantitative estimate of drug-likeness (QED) is 0.151. The van der Waals surface area contributed by atoms with E-state index in [1.165, 1.54) is 31.2 Å². The van der Waals surface area contributed by atoms with Gasteiger partial charge in [0.15, 0.2) is 5.78 Å². The summed E-state index contributed by atoms with van der Waals surface area (Å²) in [6.07, 6.45) is 0.693. The van der Waals surface area contributed by atoms with E-state index in [4.69, 9.17) is 0 Å². The molecule has 37 heavy (non-hydrogen) atoms. The monoisotopic (exact) mass is 529 g/mol. The van der Waals surface area contributed by atoms with E-state index in [9.17, 15) is 22.8 Å². The summed E-state index contributed by atoms with van der Waals surface area (Å²) in [7, 11) is -3.68. The number of carbonyl (C=O) groups excluding carboxylic acids is 2. The van der Waals surface area contributed by atoms with Crippen molar-refractivity contribution in [2.75, 3.05) is 31.5 Å². The number of carbonyl (C=O) groups is 2. The molecule has 0 radical (unpaired) electrons. The minimum atomic E-state index is -3.68. The van der Waals surface area contributed by atoms with Crippen molar-refractivity contribution in [3.8, 4) is 0 Å². The number of hydrogen-bond acceptors (Lipinski definition) is 8. The summed E-state index contributed by atoms with van der Waals surface area (Å²) in [6, 6.07) is 9.00. The number of fused-ring (bicyclic) bond motifs is 1. The molecule has 0 fully saturated rings. The van der Waals surface area contributed by atoms with Gasteiger partial charge in [-0.15, -0.1) is 0 Å². The molecule has 0 bridgehead atoms. The van der Waals surface area contributed by atoms with Crippen LogP contribution in [-0.4, -0.2) is 67.2 Å². The largest absolute Gasteiger partial charge is 0.324 e. The van der Waals surface area contributed by atoms with Crippen LogP contribution in [0.4, 0.5) is 11.4 Å². The van der Waals surface area contributed by atoms with E-state index < -0.39 is 27.8 Å². The number of amides is 1. The highest BCUT2D eigenvalue weighted by atomic mass is 32.2. The maximum Gasteiger partial charge on any atom is 0.323 e. The molecule has 12 nitrogen and oxygen atoms in total. The number of aromatic nitrogens is 2. The van der Waals surface area contributed by atoms with Crippen molar-refractivity contribution < 1.29 is 18.0 Å². The zero-order chi connectivity index (χ0) is 27.0. The molecule has 3 rings (SSSR count). The summed E-state index contributed by atoms with van der Waals surface area (Å²) < 4.78 is 27.6. The topological polar surface area (TPSA) is 169 Å². The Bertz CT molecular complexity index is 1420. The maximum absolute atomic E-state index is 12.7. The highest BCUT2D eigenvalue weighted by Crippen LogP contribution is 2.19. The number of hydrogen-bond donors (Lipinski definition) is 4. The van der Waals surface area contributed by atoms with Crippen LogP contribution in [0, 0.1) is 0 Å². The number of azo groups is 1. The van der Waals surface area contributed by atoms with Crippen LogP contribution in [0.2, 0.25) is 0 Å². The van der Waals surface area contributed by atoms with Crippen LogP contribution in [-0.2, 0) is 19.6 Å². The SMILES string of the molecule is CCN(CC)CCCNS(=O)(=O)c1ccc(N=NC(C(C)=O)C(=O)Nc2ccc3[nH]c(=O)[nH]c3c2)cc1. The summed E-state index contributed by atoms with van der Waals surface area (Å²) >= 11 is 0. The van der Waals surface area contributed by atoms with Crippen molar-refractivity contribution in [3.05, 3.63) is 52.9 Å². The Morgan fingerprint density at radius 1 is 1.03 bits per heavy atom. The van der Waals surface area contributed by atoms with Gasteiger partial charge in [0.25, 0.3) is 5.91 Å². The Labute approximate surface area is 214 Å². The van der Waals surface area contributed by atoms with Crippen molar-refractivity contribution in [2.45, 2.75) is 38.1 Å². The number of H-pyrrole nitrogens is 2. The first-order valence-corrected chi connectivity index (χ1v) is 13.4. The Kier molecular flexibility index (Phi) is 9.44. The fraction of sp³-hybridized carbons (Fsp3) is 0.375. The smallest absolute Gasteiger partial charge is 0.323 e. The van der Waals surface area contributed by atoms with Gasteiger partial charge in [-0.25, -0.2) is 17.9 Å². The first kappa shape index (κ1) is 27.9. The standard InChI is InChI=1S/C24H31N7O5S/c1-4-31(5-2)14-6-13-25-37(35,36)19-10-7-17(8-11-19)29-30-22(16(3)32)23(33)26-18-9-12-20-21(15-18)28-24(34)27-20/h7-12,15,22,25H,4-6,13-14H2,1-3H3,(H,26,33)(H2,27,28,34). The van der Waals surface area contributed by atoms with Crippen molar-refractivity contribution in [1.82, 2.24) is 19.6 Å². The van der Waals surface area contributed by atoms with E-state index >= 15 is 0 Å². The van der Waals surface area contributed by atoms with Gasteiger partial charge in [0.1, 0.15) is 0 Å². The Morgan fingerprint density at radius 2 is 1.70 bits per heavy atom. The second-order valence-electron chi connectivity index (χ2n) is 8.33. The molecule has 0 spiro atoms. The molecule has 0 saturated heterocycles. The predicted molar refractivity (Wildman–Crippen MR) is 141 cm³/mol. The Hall–Kier alpha value is -3.68. The highest BCUT2D eigenvalue weighted by molar-refractivity contribution is 7.89. The molecular formula is C24H31N7O5S. The number of aromatic amines is 2. The fourth-order valence-corrected chi connectivity index (χ4v) is 4.66. The average molecular weight is 530 g/mol. The van der Waals surface area contributed by atoms with Crippen LogP contribution in [0.5, 0.6) is 0 Å². The van der Waals surface area contributed by atoms with Gasteiger partial charge in [0.2, 0.25) is 16.1 Å². The number of nitrogens with one attached hydrogen (secondary N) is 4. The van der Waals surface area contributed by atoms with E-state index in [2.05, 4.69) is 49.0 Å². The van der Waals surface area contributed by atoms with Gasteiger partial charge >= 0.3 is 5.69 Å². The number of benzene rings is 2. The van der Waals surface area contributed by atoms with E-state index in [-0.39, 0.29) is 16.3 Å². The molecule has 0 aliphatic heterocycles. The number of sulfonamides is 1. The predicted octanol–water partition coefficient (Wildman–Crippen LogP) is 2.55. The summed E-state index contributed by atoms with van der Waals surface area (Å²) in [5, 5.41) is 10.4. The second-order valence-corrected chi connectivity index (χ2v) is 10.1. The van der Waals surface area contributed by atoms with Gasteiger partial charge in [-0.1, -0.05) is 13.8 Å². The third kappa shape index (κ3) is 7.65. The lowest BCUT2D eigenvalue weighted by atomic mass is 10.2.